The lowest BCUT2D eigenvalue weighted by molar-refractivity contribution is 0.259. The number of nitrogens with one attached hydrogen (secondary N) is 1. The molecule has 2 amide bonds. The molecule has 3 aromatic rings. The van der Waals surface area contributed by atoms with Crippen molar-refractivity contribution in [1.82, 2.24) is 4.98 Å². The number of para-hydroxylation sites is 1. The molecule has 2 aromatic carbocycles. The summed E-state index contributed by atoms with van der Waals surface area (Å²) >= 11 is 0. The van der Waals surface area contributed by atoms with Gasteiger partial charge in [0.1, 0.15) is 0 Å². The summed E-state index contributed by atoms with van der Waals surface area (Å²) in [6.45, 7) is 0. The average Bonchev–Trinajstić information content (AvgIpc) is 2.47. The van der Waals surface area contributed by atoms with Gasteiger partial charge in [0, 0.05) is 10.9 Å². The van der Waals surface area contributed by atoms with Crippen LogP contribution in [-0.4, -0.2) is 11.0 Å². The van der Waals surface area contributed by atoms with Crippen molar-refractivity contribution in [2.45, 2.75) is 0 Å². The number of hydrogen-bond acceptors (Lipinski definition) is 2. The van der Waals surface area contributed by atoms with Gasteiger partial charge in [0.2, 0.25) is 0 Å². The number of hydrogen-bond donors (Lipinski definition) is 2. The quantitative estimate of drug-likeness (QED) is 0.744. The monoisotopic (exact) mass is 263 g/mol. The maximum atomic E-state index is 11.2. The molecule has 0 saturated heterocycles. The highest BCUT2D eigenvalue weighted by molar-refractivity contribution is 6.01. The summed E-state index contributed by atoms with van der Waals surface area (Å²) < 4.78 is 0. The molecular formula is C16H13N3O. The lowest BCUT2D eigenvalue weighted by atomic mass is 10.1. The second-order valence-corrected chi connectivity index (χ2v) is 4.43. The van der Waals surface area contributed by atoms with Crippen LogP contribution in [0, 0.1) is 0 Å². The second kappa shape index (κ2) is 5.01. The van der Waals surface area contributed by atoms with Crippen molar-refractivity contribution in [3.63, 3.8) is 0 Å². The molecule has 3 N–H and O–H groups in total. The number of nitrogens with zero attached hydrogens (tertiary/aromatic N) is 1. The number of fused-ring (bicyclic) bond motifs is 1. The standard InChI is InChI=1S/C16H13N3O/c17-16(20)19-15-10-14(11-6-2-1-3-7-11)18-13-9-5-4-8-12(13)15/h1-10H,(H3,17,18,19,20). The molecule has 0 aliphatic carbocycles. The summed E-state index contributed by atoms with van der Waals surface area (Å²) in [6.07, 6.45) is 0. The number of carbonyl (C=O) groups is 1. The van der Waals surface area contributed by atoms with Gasteiger partial charge < -0.3 is 11.1 Å². The zero-order chi connectivity index (χ0) is 13.9. The van der Waals surface area contributed by atoms with E-state index in [1.165, 1.54) is 0 Å². The number of aromatic nitrogens is 1. The first-order chi connectivity index (χ1) is 9.74. The summed E-state index contributed by atoms with van der Waals surface area (Å²) in [7, 11) is 0. The minimum Gasteiger partial charge on any atom is -0.351 e. The highest BCUT2D eigenvalue weighted by atomic mass is 16.2. The molecule has 1 heterocycles. The van der Waals surface area contributed by atoms with Crippen molar-refractivity contribution in [2.24, 2.45) is 5.73 Å². The second-order valence-electron chi connectivity index (χ2n) is 4.43. The topological polar surface area (TPSA) is 68.0 Å². The Hall–Kier alpha value is -2.88. The van der Waals surface area contributed by atoms with Crippen LogP contribution >= 0.6 is 0 Å². The number of rotatable bonds is 2. The van der Waals surface area contributed by atoms with Crippen LogP contribution in [-0.2, 0) is 0 Å². The maximum Gasteiger partial charge on any atom is 0.316 e. The van der Waals surface area contributed by atoms with E-state index in [9.17, 15) is 4.79 Å². The van der Waals surface area contributed by atoms with Crippen LogP contribution in [0.1, 0.15) is 0 Å². The van der Waals surface area contributed by atoms with E-state index in [0.717, 1.165) is 22.2 Å². The van der Waals surface area contributed by atoms with Crippen LogP contribution in [0.25, 0.3) is 22.2 Å². The van der Waals surface area contributed by atoms with Crippen molar-refractivity contribution in [2.75, 3.05) is 5.32 Å². The fraction of sp³-hybridized carbons (Fsp3) is 0. The van der Waals surface area contributed by atoms with E-state index in [0.29, 0.717) is 5.69 Å². The zero-order valence-electron chi connectivity index (χ0n) is 10.7. The lowest BCUT2D eigenvalue weighted by Crippen LogP contribution is -2.19. The number of amides is 2. The molecule has 4 heteroatoms. The third-order valence-corrected chi connectivity index (χ3v) is 3.04. The van der Waals surface area contributed by atoms with Crippen molar-refractivity contribution >= 4 is 22.6 Å². The number of benzene rings is 2. The molecule has 0 unspecified atom stereocenters. The van der Waals surface area contributed by atoms with Gasteiger partial charge in [-0.15, -0.1) is 0 Å². The molecule has 1 aromatic heterocycles. The van der Waals surface area contributed by atoms with Crippen LogP contribution in [0.5, 0.6) is 0 Å². The molecule has 98 valence electrons. The molecule has 3 rings (SSSR count). The van der Waals surface area contributed by atoms with Gasteiger partial charge in [-0.2, -0.15) is 0 Å². The average molecular weight is 263 g/mol. The van der Waals surface area contributed by atoms with E-state index in [2.05, 4.69) is 10.3 Å². The molecule has 0 fully saturated rings. The largest absolute Gasteiger partial charge is 0.351 e. The molecule has 0 saturated carbocycles. The Labute approximate surface area is 116 Å². The molecule has 0 radical (unpaired) electrons. The van der Waals surface area contributed by atoms with E-state index in [1.807, 2.05) is 60.7 Å². The number of anilines is 1. The van der Waals surface area contributed by atoms with Crippen LogP contribution in [0.2, 0.25) is 0 Å². The number of pyridine rings is 1. The highest BCUT2D eigenvalue weighted by Gasteiger charge is 2.08. The van der Waals surface area contributed by atoms with Gasteiger partial charge in [0.25, 0.3) is 0 Å². The van der Waals surface area contributed by atoms with Gasteiger partial charge in [0.05, 0.1) is 16.9 Å². The Morgan fingerprint density at radius 2 is 1.70 bits per heavy atom. The van der Waals surface area contributed by atoms with Gasteiger partial charge in [-0.3, -0.25) is 0 Å². The van der Waals surface area contributed by atoms with Crippen LogP contribution < -0.4 is 11.1 Å². The van der Waals surface area contributed by atoms with Crippen molar-refractivity contribution < 1.29 is 4.79 Å². The van der Waals surface area contributed by atoms with Gasteiger partial charge in [0.15, 0.2) is 0 Å². The minimum atomic E-state index is -0.583. The summed E-state index contributed by atoms with van der Waals surface area (Å²) in [4.78, 5) is 15.8. The summed E-state index contributed by atoms with van der Waals surface area (Å²) in [6, 6.07) is 18.7. The predicted octanol–water partition coefficient (Wildman–Crippen LogP) is 3.39. The fourth-order valence-corrected chi connectivity index (χ4v) is 2.17. The smallest absolute Gasteiger partial charge is 0.316 e. The van der Waals surface area contributed by atoms with Gasteiger partial charge in [-0.05, 0) is 12.1 Å². The Balaban J connectivity index is 2.22. The Bertz CT molecular complexity index is 769. The third-order valence-electron chi connectivity index (χ3n) is 3.04. The molecule has 0 aliphatic rings. The van der Waals surface area contributed by atoms with Gasteiger partial charge >= 0.3 is 6.03 Å². The molecule has 4 nitrogen and oxygen atoms in total. The van der Waals surface area contributed by atoms with Crippen LogP contribution in [0.15, 0.2) is 60.7 Å². The van der Waals surface area contributed by atoms with Crippen molar-refractivity contribution in [3.05, 3.63) is 60.7 Å². The van der Waals surface area contributed by atoms with Crippen molar-refractivity contribution in [3.8, 4) is 11.3 Å². The molecule has 0 aliphatic heterocycles. The number of carbonyl (C=O) groups excluding carboxylic acids is 1. The Kier molecular flexibility index (Phi) is 3.05. The first-order valence-corrected chi connectivity index (χ1v) is 6.26. The summed E-state index contributed by atoms with van der Waals surface area (Å²) in [5.41, 5.74) is 8.51. The first-order valence-electron chi connectivity index (χ1n) is 6.26. The number of urea groups is 1. The van der Waals surface area contributed by atoms with E-state index in [-0.39, 0.29) is 0 Å². The van der Waals surface area contributed by atoms with E-state index < -0.39 is 6.03 Å². The SMILES string of the molecule is NC(=O)Nc1cc(-c2ccccc2)nc2ccccc12. The molecule has 0 atom stereocenters. The maximum absolute atomic E-state index is 11.2. The Morgan fingerprint density at radius 1 is 1.00 bits per heavy atom. The predicted molar refractivity (Wildman–Crippen MR) is 80.4 cm³/mol. The first kappa shape index (κ1) is 12.2. The summed E-state index contributed by atoms with van der Waals surface area (Å²) in [5, 5.41) is 3.52. The van der Waals surface area contributed by atoms with Crippen LogP contribution in [0.3, 0.4) is 0 Å². The number of nitrogens with two attached hydrogens (primary N) is 1. The van der Waals surface area contributed by atoms with Crippen molar-refractivity contribution in [1.29, 1.82) is 0 Å². The highest BCUT2D eigenvalue weighted by Crippen LogP contribution is 2.27. The van der Waals surface area contributed by atoms with E-state index >= 15 is 0 Å². The number of primary amides is 1. The lowest BCUT2D eigenvalue weighted by Gasteiger charge is -2.09. The fourth-order valence-electron chi connectivity index (χ4n) is 2.17. The van der Waals surface area contributed by atoms with Gasteiger partial charge in [-0.25, -0.2) is 9.78 Å². The van der Waals surface area contributed by atoms with Crippen LogP contribution in [0.4, 0.5) is 10.5 Å². The van der Waals surface area contributed by atoms with E-state index in [1.54, 1.807) is 0 Å². The third kappa shape index (κ3) is 2.31. The molecule has 0 spiro atoms. The molecule has 20 heavy (non-hydrogen) atoms. The van der Waals surface area contributed by atoms with E-state index in [4.69, 9.17) is 5.73 Å². The zero-order valence-corrected chi connectivity index (χ0v) is 10.7. The molecular weight excluding hydrogens is 250 g/mol. The summed E-state index contributed by atoms with van der Waals surface area (Å²) in [5.74, 6) is 0. The normalized spacial score (nSPS) is 10.4. The minimum absolute atomic E-state index is 0.583. The molecule has 0 bridgehead atoms. The Morgan fingerprint density at radius 3 is 2.45 bits per heavy atom. The van der Waals surface area contributed by atoms with Gasteiger partial charge in [-0.1, -0.05) is 48.5 Å².